The molecule has 2 rings (SSSR count). The average molecular weight is 278 g/mol. The summed E-state index contributed by atoms with van der Waals surface area (Å²) in [6.07, 6.45) is 0.564. The maximum atomic E-state index is 12.5. The first-order valence-electron chi connectivity index (χ1n) is 5.81. The molecule has 2 aromatic rings. The molecule has 0 aliphatic rings. The van der Waals surface area contributed by atoms with E-state index < -0.39 is 9.84 Å². The quantitative estimate of drug-likeness (QED) is 0.846. The Balaban J connectivity index is 2.69. The first-order chi connectivity index (χ1) is 8.96. The molecule has 0 radical (unpaired) electrons. The highest BCUT2D eigenvalue weighted by molar-refractivity contribution is 7.91. The van der Waals surface area contributed by atoms with Crippen LogP contribution in [-0.4, -0.2) is 18.6 Å². The minimum absolute atomic E-state index is 0.151. The van der Waals surface area contributed by atoms with Gasteiger partial charge in [-0.1, -0.05) is 25.1 Å². The number of hydrogen-bond acceptors (Lipinski definition) is 4. The molecule has 0 amide bonds. The van der Waals surface area contributed by atoms with E-state index in [4.69, 9.17) is 0 Å². The van der Waals surface area contributed by atoms with Crippen molar-refractivity contribution in [3.8, 4) is 11.5 Å². The van der Waals surface area contributed by atoms with Crippen LogP contribution in [0.2, 0.25) is 0 Å². The highest BCUT2D eigenvalue weighted by Gasteiger charge is 2.24. The Morgan fingerprint density at radius 1 is 1.00 bits per heavy atom. The topological polar surface area (TPSA) is 74.6 Å². The minimum atomic E-state index is -3.84. The van der Waals surface area contributed by atoms with Gasteiger partial charge in [-0.15, -0.1) is 0 Å². The third kappa shape index (κ3) is 2.42. The van der Waals surface area contributed by atoms with Gasteiger partial charge in [0.1, 0.15) is 16.4 Å². The predicted octanol–water partition coefficient (Wildman–Crippen LogP) is 2.49. The van der Waals surface area contributed by atoms with E-state index in [0.29, 0.717) is 12.0 Å². The Kier molecular flexibility index (Phi) is 3.48. The van der Waals surface area contributed by atoms with Crippen LogP contribution in [0.15, 0.2) is 52.3 Å². The first-order valence-corrected chi connectivity index (χ1v) is 7.30. The van der Waals surface area contributed by atoms with Gasteiger partial charge in [-0.25, -0.2) is 8.42 Å². The lowest BCUT2D eigenvalue weighted by Gasteiger charge is -2.10. The van der Waals surface area contributed by atoms with E-state index in [0.717, 1.165) is 12.1 Å². The molecule has 0 unspecified atom stereocenters. The number of hydrogen-bond donors (Lipinski definition) is 2. The number of phenolic OH excluding ortho intramolecular Hbond substituents is 2. The second-order valence-corrected chi connectivity index (χ2v) is 6.00. The first kappa shape index (κ1) is 13.4. The summed E-state index contributed by atoms with van der Waals surface area (Å²) in [7, 11) is -3.84. The molecule has 0 aliphatic heterocycles. The molecule has 0 heterocycles. The largest absolute Gasteiger partial charge is 0.508 e. The van der Waals surface area contributed by atoms with Gasteiger partial charge < -0.3 is 10.2 Å². The standard InChI is InChI=1S/C14H14O4S/c1-2-10-5-3-4-6-13(10)19(17,18)14-9-11(15)7-8-12(14)16/h3-9,15-16H,2H2,1H3. The van der Waals surface area contributed by atoms with Gasteiger partial charge in [0.15, 0.2) is 0 Å². The summed E-state index contributed by atoms with van der Waals surface area (Å²) in [6, 6.07) is 10.1. The highest BCUT2D eigenvalue weighted by Crippen LogP contribution is 2.32. The molecule has 0 saturated heterocycles. The number of aromatic hydroxyl groups is 2. The lowest BCUT2D eigenvalue weighted by atomic mass is 10.2. The van der Waals surface area contributed by atoms with Crippen LogP contribution in [0.1, 0.15) is 12.5 Å². The zero-order chi connectivity index (χ0) is 14.0. The minimum Gasteiger partial charge on any atom is -0.508 e. The Labute approximate surface area is 111 Å². The van der Waals surface area contributed by atoms with Crippen molar-refractivity contribution in [3.63, 3.8) is 0 Å². The van der Waals surface area contributed by atoms with E-state index in [1.54, 1.807) is 18.2 Å². The molecule has 0 aromatic heterocycles. The number of benzene rings is 2. The van der Waals surface area contributed by atoms with E-state index in [2.05, 4.69) is 0 Å². The van der Waals surface area contributed by atoms with E-state index in [1.807, 2.05) is 6.92 Å². The maximum absolute atomic E-state index is 12.5. The highest BCUT2D eigenvalue weighted by atomic mass is 32.2. The van der Waals surface area contributed by atoms with Crippen molar-refractivity contribution in [2.24, 2.45) is 0 Å². The Bertz CT molecular complexity index is 705. The van der Waals surface area contributed by atoms with Gasteiger partial charge in [-0.3, -0.25) is 0 Å². The van der Waals surface area contributed by atoms with Gasteiger partial charge in [0.2, 0.25) is 9.84 Å². The zero-order valence-corrected chi connectivity index (χ0v) is 11.2. The van der Waals surface area contributed by atoms with E-state index in [1.165, 1.54) is 12.1 Å². The van der Waals surface area contributed by atoms with Gasteiger partial charge >= 0.3 is 0 Å². The summed E-state index contributed by atoms with van der Waals surface area (Å²) in [5.41, 5.74) is 0.672. The summed E-state index contributed by atoms with van der Waals surface area (Å²) in [6.45, 7) is 1.86. The van der Waals surface area contributed by atoms with Crippen molar-refractivity contribution >= 4 is 9.84 Å². The summed E-state index contributed by atoms with van der Waals surface area (Å²) < 4.78 is 25.0. The van der Waals surface area contributed by atoms with Gasteiger partial charge in [0.05, 0.1) is 4.90 Å². The third-order valence-electron chi connectivity index (χ3n) is 2.88. The molecule has 2 N–H and O–H groups in total. The fourth-order valence-corrected chi connectivity index (χ4v) is 3.57. The van der Waals surface area contributed by atoms with Crippen molar-refractivity contribution in [2.75, 3.05) is 0 Å². The zero-order valence-electron chi connectivity index (χ0n) is 10.4. The van der Waals surface area contributed by atoms with Crippen LogP contribution in [0, 0.1) is 0 Å². The normalized spacial score (nSPS) is 11.4. The lowest BCUT2D eigenvalue weighted by Crippen LogP contribution is -2.05. The van der Waals surface area contributed by atoms with Gasteiger partial charge in [-0.05, 0) is 30.2 Å². The van der Waals surface area contributed by atoms with Crippen LogP contribution < -0.4 is 0 Å². The molecule has 0 saturated carbocycles. The Morgan fingerprint density at radius 2 is 1.68 bits per heavy atom. The molecule has 5 heteroatoms. The summed E-state index contributed by atoms with van der Waals surface area (Å²) in [5.74, 6) is -0.575. The summed E-state index contributed by atoms with van der Waals surface area (Å²) in [5, 5.41) is 19.1. The van der Waals surface area contributed by atoms with Crippen LogP contribution in [-0.2, 0) is 16.3 Å². The van der Waals surface area contributed by atoms with Crippen molar-refractivity contribution in [1.29, 1.82) is 0 Å². The van der Waals surface area contributed by atoms with Crippen LogP contribution in [0.3, 0.4) is 0 Å². The number of aryl methyl sites for hydroxylation is 1. The second kappa shape index (κ2) is 4.93. The Morgan fingerprint density at radius 3 is 2.37 bits per heavy atom. The monoisotopic (exact) mass is 278 g/mol. The SMILES string of the molecule is CCc1ccccc1S(=O)(=O)c1cc(O)ccc1O. The van der Waals surface area contributed by atoms with Crippen LogP contribution in [0.25, 0.3) is 0 Å². The summed E-state index contributed by atoms with van der Waals surface area (Å²) >= 11 is 0. The molecule has 0 atom stereocenters. The molecule has 0 bridgehead atoms. The van der Waals surface area contributed by atoms with Crippen LogP contribution >= 0.6 is 0 Å². The van der Waals surface area contributed by atoms with E-state index in [-0.39, 0.29) is 21.3 Å². The molecule has 0 spiro atoms. The fraction of sp³-hybridized carbons (Fsp3) is 0.143. The van der Waals surface area contributed by atoms with Gasteiger partial charge in [0, 0.05) is 6.07 Å². The fourth-order valence-electron chi connectivity index (χ4n) is 1.89. The van der Waals surface area contributed by atoms with Crippen molar-refractivity contribution in [3.05, 3.63) is 48.0 Å². The van der Waals surface area contributed by atoms with Gasteiger partial charge in [0.25, 0.3) is 0 Å². The summed E-state index contributed by atoms with van der Waals surface area (Å²) in [4.78, 5) is -0.133. The molecule has 19 heavy (non-hydrogen) atoms. The van der Waals surface area contributed by atoms with Crippen molar-refractivity contribution < 1.29 is 18.6 Å². The van der Waals surface area contributed by atoms with E-state index >= 15 is 0 Å². The number of phenols is 2. The second-order valence-electron chi connectivity index (χ2n) is 4.12. The number of sulfone groups is 1. The van der Waals surface area contributed by atoms with E-state index in [9.17, 15) is 18.6 Å². The maximum Gasteiger partial charge on any atom is 0.210 e. The molecular formula is C14H14O4S. The smallest absolute Gasteiger partial charge is 0.210 e. The molecule has 2 aromatic carbocycles. The van der Waals surface area contributed by atoms with Crippen molar-refractivity contribution in [1.82, 2.24) is 0 Å². The van der Waals surface area contributed by atoms with Gasteiger partial charge in [-0.2, -0.15) is 0 Å². The van der Waals surface area contributed by atoms with Crippen LogP contribution in [0.4, 0.5) is 0 Å². The lowest BCUT2D eigenvalue weighted by molar-refractivity contribution is 0.445. The Hall–Kier alpha value is -2.01. The van der Waals surface area contributed by atoms with Crippen LogP contribution in [0.5, 0.6) is 11.5 Å². The molecule has 0 aliphatic carbocycles. The van der Waals surface area contributed by atoms with Crippen molar-refractivity contribution in [2.45, 2.75) is 23.1 Å². The number of rotatable bonds is 3. The molecular weight excluding hydrogens is 264 g/mol. The predicted molar refractivity (Wildman–Crippen MR) is 71.0 cm³/mol. The molecule has 4 nitrogen and oxygen atoms in total. The molecule has 100 valence electrons. The average Bonchev–Trinajstić information content (AvgIpc) is 2.41. The molecule has 0 fully saturated rings. The third-order valence-corrected chi connectivity index (χ3v) is 4.76.